The second kappa shape index (κ2) is 6.85. The maximum Gasteiger partial charge on any atom is 0.198 e. The Bertz CT molecular complexity index is 404. The number of Topliss-reactive ketones (excluding diaryl/α,β-unsaturated/α-hetero) is 1. The van der Waals surface area contributed by atoms with Gasteiger partial charge in [0.2, 0.25) is 0 Å². The number of imidazole rings is 1. The Balaban J connectivity index is 2.62. The number of hydrogen-bond acceptors (Lipinski definition) is 3. The molecule has 1 atom stereocenters. The van der Waals surface area contributed by atoms with Gasteiger partial charge in [0.1, 0.15) is 0 Å². The normalized spacial score (nSPS) is 13.5. The molecule has 4 nitrogen and oxygen atoms in total. The fourth-order valence-corrected chi connectivity index (χ4v) is 2.45. The number of hydrogen-bond donors (Lipinski definition) is 1. The van der Waals surface area contributed by atoms with Crippen LogP contribution in [0.4, 0.5) is 0 Å². The van der Waals surface area contributed by atoms with E-state index in [0.29, 0.717) is 24.7 Å². The van der Waals surface area contributed by atoms with Crippen molar-refractivity contribution in [2.45, 2.75) is 53.5 Å². The summed E-state index contributed by atoms with van der Waals surface area (Å²) in [5, 5.41) is 0. The Kier molecular flexibility index (Phi) is 5.73. The molecule has 0 aliphatic rings. The zero-order valence-corrected chi connectivity index (χ0v) is 12.6. The third-order valence-corrected chi connectivity index (χ3v) is 3.77. The summed E-state index contributed by atoms with van der Waals surface area (Å²) in [7, 11) is 0. The van der Waals surface area contributed by atoms with Gasteiger partial charge in [-0.3, -0.25) is 4.79 Å². The van der Waals surface area contributed by atoms with Crippen LogP contribution < -0.4 is 5.73 Å². The predicted molar refractivity (Wildman–Crippen MR) is 78.1 cm³/mol. The van der Waals surface area contributed by atoms with E-state index in [0.717, 1.165) is 19.4 Å². The second-order valence-corrected chi connectivity index (χ2v) is 6.14. The number of carbonyl (C=O) groups is 1. The van der Waals surface area contributed by atoms with Gasteiger partial charge in [0.15, 0.2) is 11.6 Å². The van der Waals surface area contributed by atoms with Crippen LogP contribution in [0.5, 0.6) is 0 Å². The molecule has 108 valence electrons. The minimum atomic E-state index is 0.137. The van der Waals surface area contributed by atoms with E-state index >= 15 is 0 Å². The lowest BCUT2D eigenvalue weighted by Gasteiger charge is -2.30. The average molecular weight is 265 g/mol. The number of aromatic nitrogens is 2. The molecule has 0 saturated carbocycles. The lowest BCUT2D eigenvalue weighted by molar-refractivity contribution is 0.0943. The fraction of sp³-hybridized carbons (Fsp3) is 0.733. The molecule has 0 spiro atoms. The Morgan fingerprint density at radius 1 is 1.42 bits per heavy atom. The monoisotopic (exact) mass is 265 g/mol. The molecule has 0 aliphatic carbocycles. The van der Waals surface area contributed by atoms with Crippen molar-refractivity contribution in [2.75, 3.05) is 6.54 Å². The van der Waals surface area contributed by atoms with Gasteiger partial charge >= 0.3 is 0 Å². The molecular weight excluding hydrogens is 238 g/mol. The number of nitrogens with two attached hydrogens (primary N) is 1. The Morgan fingerprint density at radius 2 is 2.11 bits per heavy atom. The Hall–Kier alpha value is -1.16. The molecule has 1 aromatic rings. The van der Waals surface area contributed by atoms with Crippen molar-refractivity contribution in [3.8, 4) is 0 Å². The van der Waals surface area contributed by atoms with E-state index < -0.39 is 0 Å². The first-order valence-electron chi connectivity index (χ1n) is 7.14. The van der Waals surface area contributed by atoms with Crippen molar-refractivity contribution < 1.29 is 4.79 Å². The topological polar surface area (TPSA) is 60.9 Å². The number of rotatable bonds is 7. The highest BCUT2D eigenvalue weighted by Crippen LogP contribution is 2.32. The molecule has 4 heteroatoms. The SMILES string of the molecule is CCn1ccnc1C(=O)CCC(CCN)C(C)(C)C. The third kappa shape index (κ3) is 4.46. The summed E-state index contributed by atoms with van der Waals surface area (Å²) >= 11 is 0. The molecule has 0 bridgehead atoms. The van der Waals surface area contributed by atoms with Crippen LogP contribution in [0.2, 0.25) is 0 Å². The number of nitrogens with zero attached hydrogens (tertiary/aromatic N) is 2. The third-order valence-electron chi connectivity index (χ3n) is 3.77. The molecule has 0 aromatic carbocycles. The standard InChI is InChI=1S/C15H27N3O/c1-5-18-11-10-17-14(18)13(19)7-6-12(8-9-16)15(2,3)4/h10-12H,5-9,16H2,1-4H3. The van der Waals surface area contributed by atoms with E-state index in [2.05, 4.69) is 25.8 Å². The smallest absolute Gasteiger partial charge is 0.198 e. The first-order valence-corrected chi connectivity index (χ1v) is 7.14. The molecule has 0 saturated heterocycles. The summed E-state index contributed by atoms with van der Waals surface area (Å²) in [6, 6.07) is 0. The van der Waals surface area contributed by atoms with E-state index in [1.54, 1.807) is 6.20 Å². The molecule has 1 unspecified atom stereocenters. The van der Waals surface area contributed by atoms with Crippen molar-refractivity contribution in [3.05, 3.63) is 18.2 Å². The van der Waals surface area contributed by atoms with E-state index in [1.807, 2.05) is 17.7 Å². The Labute approximate surface area is 116 Å². The van der Waals surface area contributed by atoms with Gasteiger partial charge in [-0.25, -0.2) is 4.98 Å². The summed E-state index contributed by atoms with van der Waals surface area (Å²) in [6.07, 6.45) is 5.96. The average Bonchev–Trinajstić information content (AvgIpc) is 2.80. The summed E-state index contributed by atoms with van der Waals surface area (Å²) in [4.78, 5) is 16.4. The van der Waals surface area contributed by atoms with Crippen molar-refractivity contribution in [2.24, 2.45) is 17.1 Å². The van der Waals surface area contributed by atoms with Gasteiger partial charge in [0.05, 0.1) is 0 Å². The van der Waals surface area contributed by atoms with E-state index in [1.165, 1.54) is 0 Å². The summed E-state index contributed by atoms with van der Waals surface area (Å²) < 4.78 is 1.90. The van der Waals surface area contributed by atoms with Gasteiger partial charge in [0.25, 0.3) is 0 Å². The lowest BCUT2D eigenvalue weighted by Crippen LogP contribution is -2.24. The number of aryl methyl sites for hydroxylation is 1. The maximum absolute atomic E-state index is 12.2. The zero-order chi connectivity index (χ0) is 14.5. The molecule has 1 aromatic heterocycles. The number of ketones is 1. The van der Waals surface area contributed by atoms with Gasteiger partial charge in [-0.05, 0) is 37.6 Å². The molecule has 0 amide bonds. The lowest BCUT2D eigenvalue weighted by atomic mass is 9.76. The summed E-state index contributed by atoms with van der Waals surface area (Å²) in [6.45, 7) is 10.1. The van der Waals surface area contributed by atoms with Crippen LogP contribution in [-0.2, 0) is 6.54 Å². The molecule has 0 radical (unpaired) electrons. The van der Waals surface area contributed by atoms with Crippen molar-refractivity contribution in [1.82, 2.24) is 9.55 Å². The van der Waals surface area contributed by atoms with Gasteiger partial charge in [-0.1, -0.05) is 20.8 Å². The quantitative estimate of drug-likeness (QED) is 0.771. The van der Waals surface area contributed by atoms with Gasteiger partial charge in [-0.2, -0.15) is 0 Å². The van der Waals surface area contributed by atoms with E-state index in [9.17, 15) is 4.79 Å². The first kappa shape index (κ1) is 15.9. The first-order chi connectivity index (χ1) is 8.90. The molecule has 0 aliphatic heterocycles. The summed E-state index contributed by atoms with van der Waals surface area (Å²) in [5.41, 5.74) is 5.87. The van der Waals surface area contributed by atoms with Crippen LogP contribution in [0.1, 0.15) is 57.6 Å². The van der Waals surface area contributed by atoms with Crippen molar-refractivity contribution in [1.29, 1.82) is 0 Å². The highest BCUT2D eigenvalue weighted by atomic mass is 16.1. The van der Waals surface area contributed by atoms with Crippen LogP contribution in [0.3, 0.4) is 0 Å². The van der Waals surface area contributed by atoms with Crippen LogP contribution in [-0.4, -0.2) is 21.9 Å². The minimum absolute atomic E-state index is 0.137. The molecular formula is C15H27N3O. The van der Waals surface area contributed by atoms with Gasteiger partial charge in [0, 0.05) is 25.4 Å². The van der Waals surface area contributed by atoms with Crippen LogP contribution in [0.15, 0.2) is 12.4 Å². The zero-order valence-electron chi connectivity index (χ0n) is 12.6. The minimum Gasteiger partial charge on any atom is -0.330 e. The highest BCUT2D eigenvalue weighted by Gasteiger charge is 2.25. The molecule has 19 heavy (non-hydrogen) atoms. The van der Waals surface area contributed by atoms with Gasteiger partial charge < -0.3 is 10.3 Å². The fourth-order valence-electron chi connectivity index (χ4n) is 2.45. The van der Waals surface area contributed by atoms with E-state index in [4.69, 9.17) is 5.73 Å². The summed E-state index contributed by atoms with van der Waals surface area (Å²) in [5.74, 6) is 1.20. The van der Waals surface area contributed by atoms with Crippen molar-refractivity contribution >= 4 is 5.78 Å². The van der Waals surface area contributed by atoms with E-state index in [-0.39, 0.29) is 11.2 Å². The Morgan fingerprint density at radius 3 is 2.63 bits per heavy atom. The van der Waals surface area contributed by atoms with Crippen molar-refractivity contribution in [3.63, 3.8) is 0 Å². The number of carbonyl (C=O) groups excluding carboxylic acids is 1. The molecule has 2 N–H and O–H groups in total. The molecule has 1 heterocycles. The predicted octanol–water partition coefficient (Wildman–Crippen LogP) is 2.88. The largest absolute Gasteiger partial charge is 0.330 e. The highest BCUT2D eigenvalue weighted by molar-refractivity contribution is 5.92. The molecule has 0 fully saturated rings. The van der Waals surface area contributed by atoms with Crippen LogP contribution in [0, 0.1) is 11.3 Å². The van der Waals surface area contributed by atoms with Crippen LogP contribution in [0.25, 0.3) is 0 Å². The molecule has 1 rings (SSSR count). The van der Waals surface area contributed by atoms with Gasteiger partial charge in [-0.15, -0.1) is 0 Å². The van der Waals surface area contributed by atoms with Crippen LogP contribution >= 0.6 is 0 Å². The second-order valence-electron chi connectivity index (χ2n) is 6.14. The maximum atomic E-state index is 12.2.